The van der Waals surface area contributed by atoms with Crippen molar-refractivity contribution in [2.45, 2.75) is 38.2 Å². The Bertz CT molecular complexity index is 407. The van der Waals surface area contributed by atoms with Crippen molar-refractivity contribution in [1.29, 1.82) is 0 Å². The zero-order valence-electron chi connectivity index (χ0n) is 9.32. The van der Waals surface area contributed by atoms with Crippen LogP contribution < -0.4 is 4.74 Å². The molecule has 1 heterocycles. The summed E-state index contributed by atoms with van der Waals surface area (Å²) in [6, 6.07) is 7.57. The van der Waals surface area contributed by atoms with Crippen LogP contribution in [-0.4, -0.2) is 11.9 Å². The van der Waals surface area contributed by atoms with Gasteiger partial charge in [0.2, 0.25) is 0 Å². The van der Waals surface area contributed by atoms with Crippen LogP contribution in [0.3, 0.4) is 0 Å². The second-order valence-corrected chi connectivity index (χ2v) is 4.88. The Morgan fingerprint density at radius 2 is 2.00 bits per heavy atom. The van der Waals surface area contributed by atoms with Gasteiger partial charge in [-0.15, -0.1) is 0 Å². The molecule has 0 N–H and O–H groups in total. The van der Waals surface area contributed by atoms with Crippen LogP contribution in [0.5, 0.6) is 5.75 Å². The van der Waals surface area contributed by atoms with Gasteiger partial charge >= 0.3 is 0 Å². The summed E-state index contributed by atoms with van der Waals surface area (Å²) in [4.78, 5) is 11.9. The van der Waals surface area contributed by atoms with E-state index in [-0.39, 0.29) is 11.9 Å². The minimum Gasteiger partial charge on any atom is -0.489 e. The van der Waals surface area contributed by atoms with Crippen LogP contribution in [0.2, 0.25) is 0 Å². The summed E-state index contributed by atoms with van der Waals surface area (Å²) in [5.41, 5.74) is 0.755. The lowest BCUT2D eigenvalue weighted by atomic mass is 9.97. The number of benzene rings is 1. The third kappa shape index (κ3) is 1.97. The second kappa shape index (κ2) is 3.93. The molecular formula is C14H16O2. The highest BCUT2D eigenvalue weighted by molar-refractivity contribution is 5.99. The first kappa shape index (κ1) is 9.88. The van der Waals surface area contributed by atoms with E-state index in [2.05, 4.69) is 0 Å². The van der Waals surface area contributed by atoms with E-state index in [4.69, 9.17) is 4.74 Å². The number of ether oxygens (including phenoxy) is 1. The maximum Gasteiger partial charge on any atom is 0.170 e. The minimum atomic E-state index is 0.114. The molecule has 2 heteroatoms. The Morgan fingerprint density at radius 1 is 1.19 bits per heavy atom. The van der Waals surface area contributed by atoms with Gasteiger partial charge in [-0.3, -0.25) is 4.79 Å². The van der Waals surface area contributed by atoms with Crippen molar-refractivity contribution in [1.82, 2.24) is 0 Å². The van der Waals surface area contributed by atoms with Crippen molar-refractivity contribution in [2.75, 3.05) is 0 Å². The predicted molar refractivity (Wildman–Crippen MR) is 61.8 cm³/mol. The van der Waals surface area contributed by atoms with Crippen molar-refractivity contribution in [3.63, 3.8) is 0 Å². The van der Waals surface area contributed by atoms with Crippen LogP contribution >= 0.6 is 0 Å². The number of para-hydroxylation sites is 1. The Balaban J connectivity index is 1.70. The first-order valence-corrected chi connectivity index (χ1v) is 6.12. The molecule has 1 saturated carbocycles. The van der Waals surface area contributed by atoms with E-state index < -0.39 is 0 Å². The smallest absolute Gasteiger partial charge is 0.170 e. The maximum atomic E-state index is 11.9. The summed E-state index contributed by atoms with van der Waals surface area (Å²) >= 11 is 0. The molecule has 2 aliphatic rings. The van der Waals surface area contributed by atoms with Gasteiger partial charge in [-0.2, -0.15) is 0 Å². The van der Waals surface area contributed by atoms with E-state index in [1.165, 1.54) is 19.3 Å². The predicted octanol–water partition coefficient (Wildman–Crippen LogP) is 3.21. The third-order valence-electron chi connectivity index (χ3n) is 3.49. The minimum absolute atomic E-state index is 0.114. The van der Waals surface area contributed by atoms with Gasteiger partial charge in [0.15, 0.2) is 5.78 Å². The van der Waals surface area contributed by atoms with E-state index in [9.17, 15) is 4.79 Å². The van der Waals surface area contributed by atoms with Gasteiger partial charge in [-0.25, -0.2) is 0 Å². The van der Waals surface area contributed by atoms with Gasteiger partial charge in [0.25, 0.3) is 0 Å². The molecule has 0 aromatic heterocycles. The highest BCUT2D eigenvalue weighted by Crippen LogP contribution is 2.36. The second-order valence-electron chi connectivity index (χ2n) is 4.88. The fourth-order valence-electron chi connectivity index (χ4n) is 2.33. The van der Waals surface area contributed by atoms with Crippen molar-refractivity contribution < 1.29 is 9.53 Å². The van der Waals surface area contributed by atoms with E-state index in [0.717, 1.165) is 23.7 Å². The molecule has 84 valence electrons. The Labute approximate surface area is 95.6 Å². The van der Waals surface area contributed by atoms with Crippen molar-refractivity contribution in [3.8, 4) is 5.75 Å². The number of fused-ring (bicyclic) bond motifs is 1. The summed E-state index contributed by atoms with van der Waals surface area (Å²) in [6.45, 7) is 0. The molecule has 0 bridgehead atoms. The zero-order chi connectivity index (χ0) is 11.0. The van der Waals surface area contributed by atoms with Crippen molar-refractivity contribution in [2.24, 2.45) is 5.92 Å². The summed E-state index contributed by atoms with van der Waals surface area (Å²) in [5, 5.41) is 0. The number of hydrogen-bond donors (Lipinski definition) is 0. The molecule has 1 aromatic rings. The largest absolute Gasteiger partial charge is 0.489 e. The fraction of sp³-hybridized carbons (Fsp3) is 0.500. The van der Waals surface area contributed by atoms with E-state index >= 15 is 0 Å². The van der Waals surface area contributed by atoms with Gasteiger partial charge in [-0.1, -0.05) is 25.0 Å². The summed E-state index contributed by atoms with van der Waals surface area (Å²) < 4.78 is 5.86. The number of hydrogen-bond acceptors (Lipinski definition) is 2. The van der Waals surface area contributed by atoms with Crippen LogP contribution in [0.15, 0.2) is 24.3 Å². The van der Waals surface area contributed by atoms with Gasteiger partial charge < -0.3 is 4.74 Å². The molecule has 1 aromatic carbocycles. The number of carbonyl (C=O) groups is 1. The molecule has 1 aliphatic heterocycles. The lowest BCUT2D eigenvalue weighted by Gasteiger charge is -2.25. The Kier molecular flexibility index (Phi) is 2.43. The highest BCUT2D eigenvalue weighted by atomic mass is 16.5. The first-order chi connectivity index (χ1) is 7.83. The normalized spacial score (nSPS) is 23.8. The average Bonchev–Trinajstić information content (AvgIpc) is 3.10. The Hall–Kier alpha value is -1.31. The van der Waals surface area contributed by atoms with Crippen LogP contribution in [-0.2, 0) is 0 Å². The number of carbonyl (C=O) groups excluding carboxylic acids is 1. The highest BCUT2D eigenvalue weighted by Gasteiger charge is 2.28. The monoisotopic (exact) mass is 216 g/mol. The molecule has 1 fully saturated rings. The molecule has 0 spiro atoms. The average molecular weight is 216 g/mol. The molecule has 3 rings (SSSR count). The lowest BCUT2D eigenvalue weighted by Crippen LogP contribution is -2.26. The van der Waals surface area contributed by atoms with Crippen LogP contribution in [0.1, 0.15) is 42.5 Å². The van der Waals surface area contributed by atoms with E-state index in [1.807, 2.05) is 24.3 Å². The van der Waals surface area contributed by atoms with Crippen LogP contribution in [0.4, 0.5) is 0 Å². The topological polar surface area (TPSA) is 26.3 Å². The van der Waals surface area contributed by atoms with Gasteiger partial charge in [0.05, 0.1) is 5.56 Å². The van der Waals surface area contributed by atoms with E-state index in [0.29, 0.717) is 6.42 Å². The molecular weight excluding hydrogens is 200 g/mol. The molecule has 0 amide bonds. The quantitative estimate of drug-likeness (QED) is 0.775. The molecule has 16 heavy (non-hydrogen) atoms. The number of rotatable bonds is 3. The zero-order valence-corrected chi connectivity index (χ0v) is 9.32. The molecule has 0 saturated heterocycles. The summed E-state index contributed by atoms with van der Waals surface area (Å²) in [6.07, 6.45) is 5.67. The standard InChI is InChI=1S/C14H16O2/c15-13-9-11(8-7-10-5-6-10)16-14-4-2-1-3-12(13)14/h1-4,10-11H,5-9H2. The summed E-state index contributed by atoms with van der Waals surface area (Å²) in [7, 11) is 0. The van der Waals surface area contributed by atoms with Gasteiger partial charge in [0.1, 0.15) is 11.9 Å². The first-order valence-electron chi connectivity index (χ1n) is 6.12. The maximum absolute atomic E-state index is 11.9. The molecule has 1 unspecified atom stereocenters. The Morgan fingerprint density at radius 3 is 2.81 bits per heavy atom. The fourth-order valence-corrected chi connectivity index (χ4v) is 2.33. The van der Waals surface area contributed by atoms with Crippen molar-refractivity contribution in [3.05, 3.63) is 29.8 Å². The molecule has 1 atom stereocenters. The van der Waals surface area contributed by atoms with Gasteiger partial charge in [-0.05, 0) is 30.9 Å². The summed E-state index contributed by atoms with van der Waals surface area (Å²) in [5.74, 6) is 1.93. The number of Topliss-reactive ketones (excluding diaryl/α,β-unsaturated/α-hetero) is 1. The van der Waals surface area contributed by atoms with Crippen LogP contribution in [0.25, 0.3) is 0 Å². The lowest BCUT2D eigenvalue weighted by molar-refractivity contribution is 0.0834. The SMILES string of the molecule is O=C1CC(CCC2CC2)Oc2ccccc21. The van der Waals surface area contributed by atoms with Gasteiger partial charge in [0, 0.05) is 6.42 Å². The van der Waals surface area contributed by atoms with E-state index in [1.54, 1.807) is 0 Å². The van der Waals surface area contributed by atoms with Crippen molar-refractivity contribution >= 4 is 5.78 Å². The third-order valence-corrected chi connectivity index (χ3v) is 3.49. The molecule has 0 radical (unpaired) electrons. The van der Waals surface area contributed by atoms with Crippen LogP contribution in [0, 0.1) is 5.92 Å². The molecule has 1 aliphatic carbocycles. The number of ketones is 1. The molecule has 2 nitrogen and oxygen atoms in total.